The Morgan fingerprint density at radius 1 is 1.20 bits per heavy atom. The van der Waals surface area contributed by atoms with Gasteiger partial charge in [-0.05, 0) is 32.1 Å². The van der Waals surface area contributed by atoms with Gasteiger partial charge in [-0.15, -0.1) is 0 Å². The second kappa shape index (κ2) is 5.58. The van der Waals surface area contributed by atoms with E-state index in [9.17, 15) is 0 Å². The maximum absolute atomic E-state index is 3.86. The van der Waals surface area contributed by atoms with Gasteiger partial charge in [0.05, 0.1) is 0 Å². The first-order valence-corrected chi connectivity index (χ1v) is 7.68. The monoisotopic (exact) mass is 227 g/mol. The highest BCUT2D eigenvalue weighted by Crippen LogP contribution is 2.29. The van der Waals surface area contributed by atoms with Crippen molar-refractivity contribution in [2.45, 2.75) is 69.7 Å². The third-order valence-electron chi connectivity index (χ3n) is 4.05. The number of thioether (sulfide) groups is 1. The Hall–Kier alpha value is 0.310. The van der Waals surface area contributed by atoms with E-state index in [2.05, 4.69) is 30.9 Å². The summed E-state index contributed by atoms with van der Waals surface area (Å²) in [6.07, 6.45) is 8.70. The van der Waals surface area contributed by atoms with Gasteiger partial charge in [0.2, 0.25) is 0 Å². The van der Waals surface area contributed by atoms with Gasteiger partial charge >= 0.3 is 0 Å². The molecule has 0 aromatic carbocycles. The average Bonchev–Trinajstić information content (AvgIpc) is 2.65. The molecule has 0 spiro atoms. The molecule has 1 aliphatic heterocycles. The van der Waals surface area contributed by atoms with Crippen LogP contribution in [0.25, 0.3) is 0 Å². The van der Waals surface area contributed by atoms with Gasteiger partial charge in [0.25, 0.3) is 0 Å². The summed E-state index contributed by atoms with van der Waals surface area (Å²) in [4.78, 5) is 0. The van der Waals surface area contributed by atoms with Gasteiger partial charge in [-0.2, -0.15) is 11.8 Å². The van der Waals surface area contributed by atoms with E-state index in [1.165, 1.54) is 44.3 Å². The van der Waals surface area contributed by atoms with Crippen LogP contribution in [0.3, 0.4) is 0 Å². The highest BCUT2D eigenvalue weighted by Gasteiger charge is 2.26. The van der Waals surface area contributed by atoms with Gasteiger partial charge in [-0.3, -0.25) is 0 Å². The fourth-order valence-corrected chi connectivity index (χ4v) is 4.24. The normalized spacial score (nSPS) is 35.6. The number of hydrogen-bond donors (Lipinski definition) is 1. The first-order chi connectivity index (χ1) is 7.25. The van der Waals surface area contributed by atoms with Crippen LogP contribution in [0.2, 0.25) is 0 Å². The zero-order valence-corrected chi connectivity index (χ0v) is 11.0. The molecular formula is C13H25NS. The molecular weight excluding hydrogens is 202 g/mol. The molecule has 88 valence electrons. The van der Waals surface area contributed by atoms with Crippen LogP contribution < -0.4 is 5.32 Å². The first-order valence-electron chi connectivity index (χ1n) is 6.63. The predicted octanol–water partition coefficient (Wildman–Crippen LogP) is 3.44. The number of rotatable bonds is 3. The Bertz CT molecular complexity index is 189. The molecule has 2 fully saturated rings. The molecule has 1 saturated heterocycles. The molecule has 0 amide bonds. The van der Waals surface area contributed by atoms with Crippen LogP contribution in [-0.2, 0) is 0 Å². The van der Waals surface area contributed by atoms with E-state index >= 15 is 0 Å². The Labute approximate surface area is 98.8 Å². The zero-order valence-electron chi connectivity index (χ0n) is 10.2. The lowest BCUT2D eigenvalue weighted by Crippen LogP contribution is -2.41. The molecule has 1 nitrogen and oxygen atoms in total. The van der Waals surface area contributed by atoms with Crippen LogP contribution in [0.4, 0.5) is 0 Å². The van der Waals surface area contributed by atoms with E-state index in [0.717, 1.165) is 23.3 Å². The minimum atomic E-state index is 0.751. The van der Waals surface area contributed by atoms with Gasteiger partial charge in [0.15, 0.2) is 0 Å². The molecule has 1 saturated carbocycles. The maximum atomic E-state index is 3.86. The molecule has 2 aliphatic rings. The van der Waals surface area contributed by atoms with E-state index in [1.54, 1.807) is 0 Å². The van der Waals surface area contributed by atoms with Gasteiger partial charge in [0, 0.05) is 23.1 Å². The molecule has 0 aromatic rings. The standard InChI is InChI=1S/C13H25NS/c1-10-8-13(9-15-10)14-11(2)12-6-4-3-5-7-12/h10-14H,3-9H2,1-2H3/t10?,11-,13?/m0/s1. The van der Waals surface area contributed by atoms with Crippen molar-refractivity contribution in [3.8, 4) is 0 Å². The second-order valence-corrected chi connectivity index (χ2v) is 6.90. The largest absolute Gasteiger partial charge is 0.310 e. The summed E-state index contributed by atoms with van der Waals surface area (Å²) in [6, 6.07) is 1.54. The van der Waals surface area contributed by atoms with Crippen molar-refractivity contribution in [3.05, 3.63) is 0 Å². The van der Waals surface area contributed by atoms with Crippen molar-refractivity contribution in [2.75, 3.05) is 5.75 Å². The van der Waals surface area contributed by atoms with Crippen LogP contribution >= 0.6 is 11.8 Å². The minimum Gasteiger partial charge on any atom is -0.310 e. The summed E-state index contributed by atoms with van der Waals surface area (Å²) in [6.45, 7) is 4.77. The lowest BCUT2D eigenvalue weighted by Gasteiger charge is -2.30. The topological polar surface area (TPSA) is 12.0 Å². The molecule has 1 aliphatic carbocycles. The summed E-state index contributed by atoms with van der Waals surface area (Å²) >= 11 is 2.13. The zero-order chi connectivity index (χ0) is 10.7. The SMILES string of the molecule is CC1CC(N[C@@H](C)C2CCCCC2)CS1. The van der Waals surface area contributed by atoms with Gasteiger partial charge in [-0.25, -0.2) is 0 Å². The van der Waals surface area contributed by atoms with E-state index in [1.807, 2.05) is 0 Å². The molecule has 2 unspecified atom stereocenters. The van der Waals surface area contributed by atoms with E-state index in [0.29, 0.717) is 0 Å². The summed E-state index contributed by atoms with van der Waals surface area (Å²) in [5.41, 5.74) is 0. The smallest absolute Gasteiger partial charge is 0.0171 e. The van der Waals surface area contributed by atoms with Gasteiger partial charge in [0.1, 0.15) is 0 Å². The highest BCUT2D eigenvalue weighted by molar-refractivity contribution is 8.00. The van der Waals surface area contributed by atoms with E-state index in [-0.39, 0.29) is 0 Å². The van der Waals surface area contributed by atoms with E-state index < -0.39 is 0 Å². The first kappa shape index (κ1) is 11.8. The summed E-state index contributed by atoms with van der Waals surface area (Å²) in [5, 5.41) is 4.73. The summed E-state index contributed by atoms with van der Waals surface area (Å²) in [7, 11) is 0. The number of hydrogen-bond acceptors (Lipinski definition) is 2. The van der Waals surface area contributed by atoms with E-state index in [4.69, 9.17) is 0 Å². The van der Waals surface area contributed by atoms with Gasteiger partial charge in [-0.1, -0.05) is 26.2 Å². The molecule has 2 heteroatoms. The second-order valence-electron chi connectivity index (χ2n) is 5.43. The van der Waals surface area contributed by atoms with Crippen molar-refractivity contribution in [2.24, 2.45) is 5.92 Å². The lowest BCUT2D eigenvalue weighted by atomic mass is 9.84. The fraction of sp³-hybridized carbons (Fsp3) is 1.00. The Balaban J connectivity index is 1.73. The average molecular weight is 227 g/mol. The maximum Gasteiger partial charge on any atom is 0.0171 e. The van der Waals surface area contributed by atoms with Crippen LogP contribution in [0.5, 0.6) is 0 Å². The molecule has 2 rings (SSSR count). The third kappa shape index (κ3) is 3.39. The van der Waals surface area contributed by atoms with Gasteiger partial charge < -0.3 is 5.32 Å². The molecule has 0 aromatic heterocycles. The highest BCUT2D eigenvalue weighted by atomic mass is 32.2. The van der Waals surface area contributed by atoms with Crippen molar-refractivity contribution in [1.29, 1.82) is 0 Å². The quantitative estimate of drug-likeness (QED) is 0.792. The van der Waals surface area contributed by atoms with Crippen molar-refractivity contribution in [3.63, 3.8) is 0 Å². The Morgan fingerprint density at radius 2 is 1.93 bits per heavy atom. The minimum absolute atomic E-state index is 0.751. The summed E-state index contributed by atoms with van der Waals surface area (Å²) < 4.78 is 0. The molecule has 3 atom stereocenters. The Morgan fingerprint density at radius 3 is 2.53 bits per heavy atom. The van der Waals surface area contributed by atoms with Crippen LogP contribution in [0.15, 0.2) is 0 Å². The van der Waals surface area contributed by atoms with Crippen LogP contribution in [-0.4, -0.2) is 23.1 Å². The molecule has 0 radical (unpaired) electrons. The Kier molecular flexibility index (Phi) is 4.39. The molecule has 0 bridgehead atoms. The van der Waals surface area contributed by atoms with Crippen molar-refractivity contribution >= 4 is 11.8 Å². The molecule has 1 N–H and O–H groups in total. The van der Waals surface area contributed by atoms with Crippen molar-refractivity contribution < 1.29 is 0 Å². The fourth-order valence-electron chi connectivity index (χ4n) is 3.08. The number of nitrogens with one attached hydrogen (secondary N) is 1. The lowest BCUT2D eigenvalue weighted by molar-refractivity contribution is 0.267. The van der Waals surface area contributed by atoms with Crippen molar-refractivity contribution in [1.82, 2.24) is 5.32 Å². The predicted molar refractivity (Wildman–Crippen MR) is 69.5 cm³/mol. The molecule has 1 heterocycles. The third-order valence-corrected chi connectivity index (χ3v) is 5.41. The summed E-state index contributed by atoms with van der Waals surface area (Å²) in [5.74, 6) is 2.29. The van der Waals surface area contributed by atoms with Crippen LogP contribution in [0, 0.1) is 5.92 Å². The van der Waals surface area contributed by atoms with Crippen LogP contribution in [0.1, 0.15) is 52.4 Å². The molecule has 15 heavy (non-hydrogen) atoms.